The molecular formula is C18H18N2S. The Morgan fingerprint density at radius 3 is 3.00 bits per heavy atom. The molecule has 2 atom stereocenters. The summed E-state index contributed by atoms with van der Waals surface area (Å²) >= 11 is 1.67. The predicted molar refractivity (Wildman–Crippen MR) is 88.2 cm³/mol. The van der Waals surface area contributed by atoms with Gasteiger partial charge in [-0.25, -0.2) is 0 Å². The second kappa shape index (κ2) is 4.98. The molecule has 0 radical (unpaired) electrons. The summed E-state index contributed by atoms with van der Waals surface area (Å²) in [5.74, 6) is 1.52. The average molecular weight is 294 g/mol. The molecule has 1 heterocycles. The molecule has 2 aliphatic carbocycles. The molecule has 2 nitrogen and oxygen atoms in total. The molecular weight excluding hydrogens is 276 g/mol. The molecule has 1 aromatic carbocycles. The lowest BCUT2D eigenvalue weighted by Gasteiger charge is -2.20. The molecule has 0 saturated heterocycles. The lowest BCUT2D eigenvalue weighted by molar-refractivity contribution is 0.627. The zero-order valence-electron chi connectivity index (χ0n) is 12.1. The second-order valence-corrected chi connectivity index (χ2v) is 7.06. The summed E-state index contributed by atoms with van der Waals surface area (Å²) in [7, 11) is 2.03. The van der Waals surface area contributed by atoms with Gasteiger partial charge in [0.25, 0.3) is 0 Å². The lowest BCUT2D eigenvalue weighted by atomic mass is 9.86. The molecule has 0 spiro atoms. The highest BCUT2D eigenvalue weighted by molar-refractivity contribution is 7.17. The van der Waals surface area contributed by atoms with E-state index in [1.54, 1.807) is 22.5 Å². The number of nitrogens with one attached hydrogen (secondary N) is 1. The Hall–Kier alpha value is -1.63. The highest BCUT2D eigenvalue weighted by Gasteiger charge is 2.38. The van der Waals surface area contributed by atoms with Crippen LogP contribution in [0.2, 0.25) is 0 Å². The Balaban J connectivity index is 1.87. The third-order valence-corrected chi connectivity index (χ3v) is 6.02. The molecule has 2 unspecified atom stereocenters. The van der Waals surface area contributed by atoms with Crippen LogP contribution in [0.3, 0.4) is 0 Å². The van der Waals surface area contributed by atoms with E-state index in [4.69, 9.17) is 0 Å². The number of allylic oxidation sites excluding steroid dienone is 1. The van der Waals surface area contributed by atoms with Gasteiger partial charge >= 0.3 is 0 Å². The summed E-state index contributed by atoms with van der Waals surface area (Å²) in [6.45, 7) is 1.00. The maximum Gasteiger partial charge on any atom is 0.101 e. The Morgan fingerprint density at radius 1 is 1.33 bits per heavy atom. The van der Waals surface area contributed by atoms with Crippen LogP contribution in [0.1, 0.15) is 30.4 Å². The Labute approximate surface area is 129 Å². The van der Waals surface area contributed by atoms with Crippen LogP contribution in [-0.2, 0) is 0 Å². The minimum Gasteiger partial charge on any atom is -0.316 e. The molecule has 21 heavy (non-hydrogen) atoms. The topological polar surface area (TPSA) is 35.8 Å². The number of likely N-dealkylation sites (N-methyl/N-ethyl adjacent to an activating group) is 1. The monoisotopic (exact) mass is 294 g/mol. The van der Waals surface area contributed by atoms with E-state index in [1.807, 2.05) is 12.4 Å². The van der Waals surface area contributed by atoms with Crippen LogP contribution in [0.4, 0.5) is 0 Å². The first-order valence-electron chi connectivity index (χ1n) is 7.61. The van der Waals surface area contributed by atoms with Crippen molar-refractivity contribution in [1.29, 1.82) is 5.26 Å². The predicted octanol–water partition coefficient (Wildman–Crippen LogP) is 4.18. The Morgan fingerprint density at radius 2 is 2.19 bits per heavy atom. The summed E-state index contributed by atoms with van der Waals surface area (Å²) in [5.41, 5.74) is 5.34. The molecule has 2 bridgehead atoms. The standard InChI is InChI=1S/C18H18N2S/c1-20-9-16-11-2-3-12(6-11)18(16)13-4-5-17-15(7-13)14(8-19)10-21-17/h4-5,7,10-12,20H,2-3,6,9H2,1H3. The van der Waals surface area contributed by atoms with Crippen molar-refractivity contribution in [2.45, 2.75) is 19.3 Å². The third kappa shape index (κ3) is 1.94. The quantitative estimate of drug-likeness (QED) is 0.922. The van der Waals surface area contributed by atoms with Crippen LogP contribution in [0.5, 0.6) is 0 Å². The highest BCUT2D eigenvalue weighted by Crippen LogP contribution is 2.52. The van der Waals surface area contributed by atoms with Crippen LogP contribution in [0, 0.1) is 23.2 Å². The van der Waals surface area contributed by atoms with E-state index in [0.29, 0.717) is 0 Å². The number of fused-ring (bicyclic) bond motifs is 3. The number of hydrogen-bond acceptors (Lipinski definition) is 3. The second-order valence-electron chi connectivity index (χ2n) is 6.15. The van der Waals surface area contributed by atoms with Crippen molar-refractivity contribution in [3.8, 4) is 6.07 Å². The van der Waals surface area contributed by atoms with Crippen LogP contribution in [0.25, 0.3) is 15.7 Å². The van der Waals surface area contributed by atoms with Gasteiger partial charge in [0.15, 0.2) is 0 Å². The normalized spacial score (nSPS) is 24.0. The number of rotatable bonds is 3. The first kappa shape index (κ1) is 13.1. The van der Waals surface area contributed by atoms with Crippen LogP contribution in [-0.4, -0.2) is 13.6 Å². The molecule has 2 aromatic rings. The van der Waals surface area contributed by atoms with E-state index in [0.717, 1.165) is 29.3 Å². The molecule has 4 rings (SSSR count). The number of nitrogens with zero attached hydrogens (tertiary/aromatic N) is 1. The highest BCUT2D eigenvalue weighted by atomic mass is 32.1. The molecule has 0 aliphatic heterocycles. The summed E-state index contributed by atoms with van der Waals surface area (Å²) in [4.78, 5) is 0. The van der Waals surface area contributed by atoms with Crippen molar-refractivity contribution in [1.82, 2.24) is 5.32 Å². The molecule has 1 aromatic heterocycles. The largest absolute Gasteiger partial charge is 0.316 e. The van der Waals surface area contributed by atoms with E-state index in [2.05, 4.69) is 29.6 Å². The fourth-order valence-electron chi connectivity index (χ4n) is 4.18. The lowest BCUT2D eigenvalue weighted by Crippen LogP contribution is -2.16. The van der Waals surface area contributed by atoms with E-state index < -0.39 is 0 Å². The number of hydrogen-bond donors (Lipinski definition) is 1. The summed E-state index contributed by atoms with van der Waals surface area (Å²) in [6, 6.07) is 9.01. The molecule has 1 N–H and O–H groups in total. The fourth-order valence-corrected chi connectivity index (χ4v) is 5.04. The number of benzene rings is 1. The average Bonchev–Trinajstić information content (AvgIpc) is 3.20. The van der Waals surface area contributed by atoms with Gasteiger partial charge in [0.05, 0.1) is 5.56 Å². The zero-order chi connectivity index (χ0) is 14.4. The maximum absolute atomic E-state index is 9.26. The SMILES string of the molecule is CNCC1=C(c2ccc3scc(C#N)c3c2)C2CCC1C2. The van der Waals surface area contributed by atoms with Gasteiger partial charge in [-0.3, -0.25) is 0 Å². The molecule has 3 heteroatoms. The van der Waals surface area contributed by atoms with Gasteiger partial charge in [-0.15, -0.1) is 11.3 Å². The number of thiophene rings is 1. The summed E-state index contributed by atoms with van der Waals surface area (Å²) < 4.78 is 1.22. The van der Waals surface area contributed by atoms with Gasteiger partial charge in [0, 0.05) is 22.0 Å². The van der Waals surface area contributed by atoms with Gasteiger partial charge < -0.3 is 5.32 Å². The summed E-state index contributed by atoms with van der Waals surface area (Å²) in [6.07, 6.45) is 4.02. The first-order valence-corrected chi connectivity index (χ1v) is 8.49. The minimum absolute atomic E-state index is 0.736. The third-order valence-electron chi connectivity index (χ3n) is 5.05. The van der Waals surface area contributed by atoms with Crippen molar-refractivity contribution in [2.24, 2.45) is 11.8 Å². The number of nitriles is 1. The molecule has 0 amide bonds. The molecule has 106 valence electrons. The van der Waals surface area contributed by atoms with Crippen molar-refractivity contribution < 1.29 is 0 Å². The van der Waals surface area contributed by atoms with E-state index in [-0.39, 0.29) is 0 Å². The van der Waals surface area contributed by atoms with E-state index >= 15 is 0 Å². The van der Waals surface area contributed by atoms with Gasteiger partial charge in [0.2, 0.25) is 0 Å². The maximum atomic E-state index is 9.26. The van der Waals surface area contributed by atoms with Crippen LogP contribution in [0.15, 0.2) is 29.2 Å². The van der Waals surface area contributed by atoms with Crippen molar-refractivity contribution in [2.75, 3.05) is 13.6 Å². The first-order chi connectivity index (χ1) is 10.3. The fraction of sp³-hybridized carbons (Fsp3) is 0.389. The smallest absolute Gasteiger partial charge is 0.101 e. The summed E-state index contributed by atoms with van der Waals surface area (Å²) in [5, 5.41) is 15.7. The van der Waals surface area contributed by atoms with E-state index in [1.165, 1.54) is 29.5 Å². The van der Waals surface area contributed by atoms with Gasteiger partial charge in [0.1, 0.15) is 6.07 Å². The van der Waals surface area contributed by atoms with Crippen molar-refractivity contribution >= 4 is 27.0 Å². The van der Waals surface area contributed by atoms with Gasteiger partial charge in [-0.1, -0.05) is 6.07 Å². The van der Waals surface area contributed by atoms with Gasteiger partial charge in [-0.05, 0) is 67.0 Å². The van der Waals surface area contributed by atoms with Crippen molar-refractivity contribution in [3.05, 3.63) is 40.3 Å². The molecule has 2 aliphatic rings. The van der Waals surface area contributed by atoms with Crippen molar-refractivity contribution in [3.63, 3.8) is 0 Å². The Kier molecular flexibility index (Phi) is 3.10. The molecule has 1 fully saturated rings. The van der Waals surface area contributed by atoms with Gasteiger partial charge in [-0.2, -0.15) is 5.26 Å². The zero-order valence-corrected chi connectivity index (χ0v) is 13.0. The van der Waals surface area contributed by atoms with Crippen LogP contribution < -0.4 is 5.32 Å². The van der Waals surface area contributed by atoms with E-state index in [9.17, 15) is 5.26 Å². The molecule has 1 saturated carbocycles. The van der Waals surface area contributed by atoms with Crippen LogP contribution >= 0.6 is 11.3 Å². The minimum atomic E-state index is 0.736. The Bertz CT molecular complexity index is 778.